The molecule has 0 unspecified atom stereocenters. The van der Waals surface area contributed by atoms with Gasteiger partial charge in [0.25, 0.3) is 0 Å². The van der Waals surface area contributed by atoms with E-state index < -0.39 is 5.69 Å². The Morgan fingerprint density at radius 3 is 2.92 bits per heavy atom. The van der Waals surface area contributed by atoms with Crippen LogP contribution in [0.3, 0.4) is 0 Å². The van der Waals surface area contributed by atoms with Crippen molar-refractivity contribution in [2.75, 3.05) is 18.5 Å². The van der Waals surface area contributed by atoms with Gasteiger partial charge in [0.1, 0.15) is 0 Å². The highest BCUT2D eigenvalue weighted by atomic mass is 32.1. The molecule has 6 nitrogen and oxygen atoms in total. The molecular formula is C5H8N4O2S. The summed E-state index contributed by atoms with van der Waals surface area (Å²) in [5.74, 6) is 0.262. The van der Waals surface area contributed by atoms with Crippen LogP contribution in [0.15, 0.2) is 4.79 Å². The Balaban J connectivity index is 2.86. The normalized spacial score (nSPS) is 9.75. The fourth-order valence-electron chi connectivity index (χ4n) is 0.651. The maximum absolute atomic E-state index is 10.8. The third-order valence-corrected chi connectivity index (χ3v) is 1.26. The van der Waals surface area contributed by atoms with Gasteiger partial charge in [-0.1, -0.05) is 0 Å². The van der Waals surface area contributed by atoms with Gasteiger partial charge >= 0.3 is 5.69 Å². The molecule has 0 radical (unpaired) electrons. The first kappa shape index (κ1) is 8.88. The van der Waals surface area contributed by atoms with Crippen molar-refractivity contribution in [2.45, 2.75) is 0 Å². The molecule has 1 aromatic heterocycles. The molecule has 0 atom stereocenters. The Bertz CT molecular complexity index is 329. The maximum Gasteiger partial charge on any atom is 0.327 e. The Hall–Kier alpha value is -1.21. The molecule has 0 aromatic carbocycles. The van der Waals surface area contributed by atoms with E-state index >= 15 is 0 Å². The Morgan fingerprint density at radius 2 is 2.33 bits per heavy atom. The molecule has 1 aromatic rings. The molecular weight excluding hydrogens is 180 g/mol. The number of nitrogens with zero attached hydrogens (tertiary/aromatic N) is 1. The van der Waals surface area contributed by atoms with Crippen LogP contribution in [-0.4, -0.2) is 33.2 Å². The fraction of sp³-hybridized carbons (Fsp3) is 0.400. The zero-order valence-corrected chi connectivity index (χ0v) is 6.94. The molecule has 1 heterocycles. The van der Waals surface area contributed by atoms with Crippen molar-refractivity contribution < 1.29 is 5.11 Å². The molecule has 0 aliphatic heterocycles. The van der Waals surface area contributed by atoms with Crippen LogP contribution in [0, 0.1) is 4.77 Å². The van der Waals surface area contributed by atoms with E-state index in [-0.39, 0.29) is 17.3 Å². The van der Waals surface area contributed by atoms with Gasteiger partial charge in [-0.05, 0) is 12.2 Å². The molecule has 12 heavy (non-hydrogen) atoms. The van der Waals surface area contributed by atoms with Gasteiger partial charge in [0, 0.05) is 6.54 Å². The largest absolute Gasteiger partial charge is 0.395 e. The van der Waals surface area contributed by atoms with E-state index in [2.05, 4.69) is 32.5 Å². The number of nitrogens with one attached hydrogen (secondary N) is 3. The summed E-state index contributed by atoms with van der Waals surface area (Å²) in [7, 11) is 0. The van der Waals surface area contributed by atoms with Gasteiger partial charge in [0.2, 0.25) is 10.7 Å². The van der Waals surface area contributed by atoms with Crippen LogP contribution in [0.4, 0.5) is 5.95 Å². The summed E-state index contributed by atoms with van der Waals surface area (Å²) in [5.41, 5.74) is -0.421. The van der Waals surface area contributed by atoms with E-state index in [1.165, 1.54) is 0 Å². The fourth-order valence-corrected chi connectivity index (χ4v) is 0.835. The third-order valence-electron chi connectivity index (χ3n) is 1.07. The average Bonchev–Trinajstić information content (AvgIpc) is 1.99. The summed E-state index contributed by atoms with van der Waals surface area (Å²) in [5, 5.41) is 11.1. The monoisotopic (exact) mass is 188 g/mol. The number of aliphatic hydroxyl groups is 1. The minimum Gasteiger partial charge on any atom is -0.395 e. The van der Waals surface area contributed by atoms with Gasteiger partial charge in [0.15, 0.2) is 0 Å². The van der Waals surface area contributed by atoms with Crippen LogP contribution in [0.5, 0.6) is 0 Å². The maximum atomic E-state index is 10.8. The van der Waals surface area contributed by atoms with E-state index in [0.29, 0.717) is 6.54 Å². The molecule has 1 rings (SSSR count). The molecule has 66 valence electrons. The first-order valence-electron chi connectivity index (χ1n) is 3.28. The molecule has 0 aliphatic rings. The van der Waals surface area contributed by atoms with Crippen molar-refractivity contribution >= 4 is 18.2 Å². The second-order valence-electron chi connectivity index (χ2n) is 2.00. The van der Waals surface area contributed by atoms with Crippen LogP contribution in [0.1, 0.15) is 0 Å². The zero-order chi connectivity index (χ0) is 8.97. The second-order valence-corrected chi connectivity index (χ2v) is 2.38. The predicted octanol–water partition coefficient (Wildman–Crippen LogP) is -0.768. The van der Waals surface area contributed by atoms with Crippen LogP contribution in [0.2, 0.25) is 0 Å². The number of aliphatic hydroxyl groups excluding tert-OH is 1. The van der Waals surface area contributed by atoms with E-state index in [9.17, 15) is 4.79 Å². The van der Waals surface area contributed by atoms with Crippen molar-refractivity contribution in [3.05, 3.63) is 15.3 Å². The van der Waals surface area contributed by atoms with Crippen LogP contribution in [0.25, 0.3) is 0 Å². The van der Waals surface area contributed by atoms with Crippen molar-refractivity contribution in [3.8, 4) is 0 Å². The number of rotatable bonds is 3. The SMILES string of the molecule is O=c1[nH]c(NCCO)nc(=S)[nH]1. The minimum atomic E-state index is -0.421. The van der Waals surface area contributed by atoms with Crippen molar-refractivity contribution in [1.82, 2.24) is 15.0 Å². The zero-order valence-electron chi connectivity index (χ0n) is 6.13. The highest BCUT2D eigenvalue weighted by Crippen LogP contribution is 1.88. The molecule has 0 saturated carbocycles. The predicted molar refractivity (Wildman–Crippen MR) is 45.6 cm³/mol. The molecule has 4 N–H and O–H groups in total. The summed E-state index contributed by atoms with van der Waals surface area (Å²) < 4.78 is 0.110. The van der Waals surface area contributed by atoms with Gasteiger partial charge in [-0.2, -0.15) is 4.98 Å². The second kappa shape index (κ2) is 3.98. The first-order chi connectivity index (χ1) is 5.72. The highest BCUT2D eigenvalue weighted by Gasteiger charge is 1.93. The van der Waals surface area contributed by atoms with Crippen molar-refractivity contribution in [3.63, 3.8) is 0 Å². The first-order valence-corrected chi connectivity index (χ1v) is 3.68. The summed E-state index contributed by atoms with van der Waals surface area (Å²) >= 11 is 4.65. The van der Waals surface area contributed by atoms with Gasteiger partial charge in [-0.25, -0.2) is 4.79 Å². The number of H-pyrrole nitrogens is 2. The third kappa shape index (κ3) is 2.44. The lowest BCUT2D eigenvalue weighted by Gasteiger charge is -2.00. The lowest BCUT2D eigenvalue weighted by atomic mass is 10.7. The van der Waals surface area contributed by atoms with Gasteiger partial charge in [-0.3, -0.25) is 9.97 Å². The average molecular weight is 188 g/mol. The van der Waals surface area contributed by atoms with Crippen LogP contribution in [-0.2, 0) is 0 Å². The summed E-state index contributed by atoms with van der Waals surface area (Å²) in [4.78, 5) is 19.2. The summed E-state index contributed by atoms with van der Waals surface area (Å²) in [6.45, 7) is 0.288. The van der Waals surface area contributed by atoms with Crippen molar-refractivity contribution in [1.29, 1.82) is 0 Å². The number of hydrogen-bond donors (Lipinski definition) is 4. The molecule has 7 heteroatoms. The van der Waals surface area contributed by atoms with Gasteiger partial charge in [-0.15, -0.1) is 0 Å². The van der Waals surface area contributed by atoms with Crippen molar-refractivity contribution in [2.24, 2.45) is 0 Å². The van der Waals surface area contributed by atoms with Gasteiger partial charge in [0.05, 0.1) is 6.61 Å². The van der Waals surface area contributed by atoms with E-state index in [0.717, 1.165) is 0 Å². The molecule has 0 fully saturated rings. The highest BCUT2D eigenvalue weighted by molar-refractivity contribution is 7.71. The summed E-state index contributed by atoms with van der Waals surface area (Å²) in [6, 6.07) is 0. The quantitative estimate of drug-likeness (QED) is 0.467. The Kier molecular flexibility index (Phi) is 2.94. The topological polar surface area (TPSA) is 93.8 Å². The van der Waals surface area contributed by atoms with Crippen LogP contribution >= 0.6 is 12.2 Å². The summed E-state index contributed by atoms with van der Waals surface area (Å²) in [6.07, 6.45) is 0. The van der Waals surface area contributed by atoms with E-state index in [1.54, 1.807) is 0 Å². The number of aromatic nitrogens is 3. The van der Waals surface area contributed by atoms with Crippen LogP contribution < -0.4 is 11.0 Å². The Labute approximate surface area is 72.7 Å². The van der Waals surface area contributed by atoms with E-state index in [1.807, 2.05) is 0 Å². The standard InChI is InChI=1S/C5H8N4O2S/c10-2-1-6-3-7-4(11)9-5(12)8-3/h10H,1-2H2,(H3,6,7,8,9,11,12). The lowest BCUT2D eigenvalue weighted by Crippen LogP contribution is -2.17. The number of anilines is 1. The molecule has 0 aliphatic carbocycles. The Morgan fingerprint density at radius 1 is 1.58 bits per heavy atom. The van der Waals surface area contributed by atoms with Gasteiger partial charge < -0.3 is 10.4 Å². The molecule has 0 amide bonds. The number of hydrogen-bond acceptors (Lipinski definition) is 5. The van der Waals surface area contributed by atoms with E-state index in [4.69, 9.17) is 5.11 Å². The lowest BCUT2D eigenvalue weighted by molar-refractivity contribution is 0.310. The molecule has 0 bridgehead atoms. The number of aromatic amines is 2. The smallest absolute Gasteiger partial charge is 0.327 e. The molecule has 0 saturated heterocycles. The molecule has 0 spiro atoms. The minimum absolute atomic E-state index is 0.0327.